The molecule has 0 aliphatic heterocycles. The molecule has 0 unspecified atom stereocenters. The van der Waals surface area contributed by atoms with Crippen molar-refractivity contribution < 1.29 is 14.5 Å². The van der Waals surface area contributed by atoms with Gasteiger partial charge in [0.2, 0.25) is 0 Å². The molecule has 0 heterocycles. The Bertz CT molecular complexity index is 787. The van der Waals surface area contributed by atoms with Gasteiger partial charge in [-0.25, -0.2) is 0 Å². The van der Waals surface area contributed by atoms with E-state index in [0.717, 1.165) is 18.5 Å². The first-order valence-electron chi connectivity index (χ1n) is 8.86. The van der Waals surface area contributed by atoms with Gasteiger partial charge in [-0.1, -0.05) is 41.9 Å². The van der Waals surface area contributed by atoms with E-state index in [1.54, 1.807) is 54.6 Å². The van der Waals surface area contributed by atoms with Crippen LogP contribution >= 0.6 is 11.6 Å². The maximum Gasteiger partial charge on any atom is 0.267 e. The molecule has 2 rings (SSSR count). The number of benzene rings is 2. The van der Waals surface area contributed by atoms with Gasteiger partial charge in [0.05, 0.1) is 20.6 Å². The van der Waals surface area contributed by atoms with Crippen molar-refractivity contribution in [1.29, 1.82) is 0 Å². The van der Waals surface area contributed by atoms with E-state index in [1.165, 1.54) is 4.90 Å². The number of quaternary nitrogens is 1. The van der Waals surface area contributed by atoms with Crippen LogP contribution in [-0.2, 0) is 4.79 Å². The van der Waals surface area contributed by atoms with Crippen LogP contribution in [0.1, 0.15) is 22.3 Å². The minimum Gasteiger partial charge on any atom is -0.351 e. The second-order valence-corrected chi connectivity index (χ2v) is 6.93. The Balaban J connectivity index is 2.13. The van der Waals surface area contributed by atoms with Crippen molar-refractivity contribution in [3.63, 3.8) is 0 Å². The summed E-state index contributed by atoms with van der Waals surface area (Å²) in [7, 11) is 4.13. The summed E-state index contributed by atoms with van der Waals surface area (Å²) in [5, 5.41) is 6.19. The van der Waals surface area contributed by atoms with Gasteiger partial charge in [0.15, 0.2) is 0 Å². The highest BCUT2D eigenvalue weighted by Gasteiger charge is 2.14. The predicted octanol–water partition coefficient (Wildman–Crippen LogP) is 1.76. The van der Waals surface area contributed by atoms with Gasteiger partial charge in [0.1, 0.15) is 5.70 Å². The molecular formula is C21H25ClN3O2+. The lowest BCUT2D eigenvalue weighted by Gasteiger charge is -2.12. The van der Waals surface area contributed by atoms with Gasteiger partial charge in [-0.3, -0.25) is 9.59 Å². The summed E-state index contributed by atoms with van der Waals surface area (Å²) in [6.45, 7) is 1.50. The van der Waals surface area contributed by atoms with Crippen molar-refractivity contribution in [3.05, 3.63) is 76.4 Å². The molecule has 0 saturated heterocycles. The lowest BCUT2D eigenvalue weighted by Crippen LogP contribution is -3.05. The lowest BCUT2D eigenvalue weighted by atomic mass is 10.1. The van der Waals surface area contributed by atoms with Crippen LogP contribution in [0, 0.1) is 0 Å². The van der Waals surface area contributed by atoms with E-state index in [-0.39, 0.29) is 17.5 Å². The molecule has 2 aromatic carbocycles. The zero-order valence-electron chi connectivity index (χ0n) is 15.6. The second kappa shape index (κ2) is 10.5. The third-order valence-corrected chi connectivity index (χ3v) is 4.10. The minimum absolute atomic E-state index is 0.198. The average molecular weight is 387 g/mol. The quantitative estimate of drug-likeness (QED) is 0.478. The highest BCUT2D eigenvalue weighted by Crippen LogP contribution is 2.12. The maximum atomic E-state index is 12.6. The molecule has 0 aliphatic carbocycles. The Morgan fingerprint density at radius 2 is 1.70 bits per heavy atom. The molecule has 2 amide bonds. The predicted molar refractivity (Wildman–Crippen MR) is 109 cm³/mol. The smallest absolute Gasteiger partial charge is 0.267 e. The number of carbonyl (C=O) groups excluding carboxylic acids is 2. The van der Waals surface area contributed by atoms with Gasteiger partial charge in [0.25, 0.3) is 11.8 Å². The molecule has 0 saturated carbocycles. The summed E-state index contributed by atoms with van der Waals surface area (Å²) < 4.78 is 0. The maximum absolute atomic E-state index is 12.6. The normalized spacial score (nSPS) is 11.3. The fourth-order valence-corrected chi connectivity index (χ4v) is 2.53. The van der Waals surface area contributed by atoms with Gasteiger partial charge >= 0.3 is 0 Å². The fraction of sp³-hybridized carbons (Fsp3) is 0.238. The van der Waals surface area contributed by atoms with E-state index in [4.69, 9.17) is 11.6 Å². The minimum atomic E-state index is -0.330. The first kappa shape index (κ1) is 20.7. The first-order valence-corrected chi connectivity index (χ1v) is 9.24. The monoisotopic (exact) mass is 386 g/mol. The van der Waals surface area contributed by atoms with Crippen LogP contribution in [0.15, 0.2) is 60.3 Å². The van der Waals surface area contributed by atoms with Gasteiger partial charge in [-0.15, -0.1) is 0 Å². The summed E-state index contributed by atoms with van der Waals surface area (Å²) in [6.07, 6.45) is 2.50. The van der Waals surface area contributed by atoms with Crippen LogP contribution in [0.3, 0.4) is 0 Å². The summed E-state index contributed by atoms with van der Waals surface area (Å²) in [6, 6.07) is 15.9. The zero-order chi connectivity index (χ0) is 19.6. The molecule has 0 atom stereocenters. The molecule has 142 valence electrons. The van der Waals surface area contributed by atoms with Crippen molar-refractivity contribution in [1.82, 2.24) is 10.6 Å². The number of hydrogen-bond donors (Lipinski definition) is 3. The van der Waals surface area contributed by atoms with Gasteiger partial charge in [-0.2, -0.15) is 0 Å². The van der Waals surface area contributed by atoms with E-state index in [1.807, 2.05) is 6.07 Å². The molecule has 0 fully saturated rings. The second-order valence-electron chi connectivity index (χ2n) is 6.50. The van der Waals surface area contributed by atoms with Crippen LogP contribution in [0.5, 0.6) is 0 Å². The third kappa shape index (κ3) is 7.25. The SMILES string of the molecule is C[NH+](C)CCCNC(=O)/C(=C/c1ccc(Cl)cc1)NC(=O)c1ccccc1. The Labute approximate surface area is 165 Å². The van der Waals surface area contributed by atoms with Crippen molar-refractivity contribution in [2.45, 2.75) is 6.42 Å². The molecule has 6 heteroatoms. The van der Waals surface area contributed by atoms with Crippen LogP contribution in [0.4, 0.5) is 0 Å². The summed E-state index contributed by atoms with van der Waals surface area (Å²) in [4.78, 5) is 26.4. The van der Waals surface area contributed by atoms with Crippen molar-refractivity contribution >= 4 is 29.5 Å². The molecule has 0 aromatic heterocycles. The Morgan fingerprint density at radius 1 is 1.04 bits per heavy atom. The molecule has 2 aromatic rings. The number of halogens is 1. The summed E-state index contributed by atoms with van der Waals surface area (Å²) in [5.41, 5.74) is 1.46. The summed E-state index contributed by atoms with van der Waals surface area (Å²) >= 11 is 5.91. The van der Waals surface area contributed by atoms with Crippen LogP contribution in [0.2, 0.25) is 5.02 Å². The van der Waals surface area contributed by atoms with E-state index in [9.17, 15) is 9.59 Å². The Morgan fingerprint density at radius 3 is 2.33 bits per heavy atom. The zero-order valence-corrected chi connectivity index (χ0v) is 16.3. The van der Waals surface area contributed by atoms with E-state index in [0.29, 0.717) is 17.1 Å². The number of hydrogen-bond acceptors (Lipinski definition) is 2. The average Bonchev–Trinajstić information content (AvgIpc) is 2.66. The molecule has 5 nitrogen and oxygen atoms in total. The van der Waals surface area contributed by atoms with E-state index < -0.39 is 0 Å². The van der Waals surface area contributed by atoms with Gasteiger partial charge in [0, 0.05) is 23.6 Å². The molecular weight excluding hydrogens is 362 g/mol. The molecule has 0 aliphatic rings. The van der Waals surface area contributed by atoms with Gasteiger partial charge in [-0.05, 0) is 35.9 Å². The van der Waals surface area contributed by atoms with Gasteiger partial charge < -0.3 is 15.5 Å². The third-order valence-electron chi connectivity index (χ3n) is 3.85. The number of carbonyl (C=O) groups is 2. The van der Waals surface area contributed by atoms with Crippen molar-refractivity contribution in [2.75, 3.05) is 27.2 Å². The molecule has 3 N–H and O–H groups in total. The molecule has 0 bridgehead atoms. The standard InChI is InChI=1S/C21H24ClN3O2/c1-25(2)14-6-13-23-21(27)19(15-16-9-11-18(22)12-10-16)24-20(26)17-7-4-3-5-8-17/h3-5,7-12,15H,6,13-14H2,1-2H3,(H,23,27)(H,24,26)/p+1/b19-15-. The lowest BCUT2D eigenvalue weighted by molar-refractivity contribution is -0.858. The largest absolute Gasteiger partial charge is 0.351 e. The molecule has 27 heavy (non-hydrogen) atoms. The van der Waals surface area contributed by atoms with E-state index >= 15 is 0 Å². The molecule has 0 radical (unpaired) electrons. The van der Waals surface area contributed by atoms with Crippen LogP contribution < -0.4 is 15.5 Å². The van der Waals surface area contributed by atoms with Crippen LogP contribution in [-0.4, -0.2) is 39.0 Å². The Hall–Kier alpha value is -2.63. The summed E-state index contributed by atoms with van der Waals surface area (Å²) in [5.74, 6) is -0.647. The number of amides is 2. The number of nitrogens with one attached hydrogen (secondary N) is 3. The topological polar surface area (TPSA) is 62.6 Å². The fourth-order valence-electron chi connectivity index (χ4n) is 2.41. The number of rotatable bonds is 8. The molecule has 0 spiro atoms. The Kier molecular flexibility index (Phi) is 8.04. The first-order chi connectivity index (χ1) is 13.0. The highest BCUT2D eigenvalue weighted by atomic mass is 35.5. The van der Waals surface area contributed by atoms with Crippen LogP contribution in [0.25, 0.3) is 6.08 Å². The van der Waals surface area contributed by atoms with Crippen molar-refractivity contribution in [2.24, 2.45) is 0 Å². The van der Waals surface area contributed by atoms with Crippen molar-refractivity contribution in [3.8, 4) is 0 Å². The highest BCUT2D eigenvalue weighted by molar-refractivity contribution is 6.30. The van der Waals surface area contributed by atoms with E-state index in [2.05, 4.69) is 24.7 Å².